The van der Waals surface area contributed by atoms with Crippen molar-refractivity contribution in [1.29, 1.82) is 0 Å². The van der Waals surface area contributed by atoms with Crippen LogP contribution in [0.2, 0.25) is 0 Å². The first-order chi connectivity index (χ1) is 12.8. The van der Waals surface area contributed by atoms with E-state index in [1.54, 1.807) is 29.1 Å². The van der Waals surface area contributed by atoms with Gasteiger partial charge in [0.2, 0.25) is 5.78 Å². The highest BCUT2D eigenvalue weighted by Gasteiger charge is 2.08. The predicted molar refractivity (Wildman–Crippen MR) is 102 cm³/mol. The van der Waals surface area contributed by atoms with Gasteiger partial charge in [-0.3, -0.25) is 14.2 Å². The van der Waals surface area contributed by atoms with Crippen molar-refractivity contribution in [2.24, 2.45) is 0 Å². The minimum Gasteiger partial charge on any atom is -0.317 e. The normalized spacial score (nSPS) is 11.1. The molecule has 5 heteroatoms. The Morgan fingerprint density at radius 3 is 2.54 bits per heavy atom. The zero-order valence-corrected chi connectivity index (χ0v) is 14.5. The fraction of sp³-hybridized carbons (Fsp3) is 0.190. The van der Waals surface area contributed by atoms with E-state index in [0.29, 0.717) is 11.5 Å². The van der Waals surface area contributed by atoms with Crippen LogP contribution in [0.3, 0.4) is 0 Å². The Labute approximate surface area is 151 Å². The van der Waals surface area contributed by atoms with E-state index in [0.717, 1.165) is 31.4 Å². The molecule has 5 nitrogen and oxygen atoms in total. The molecule has 0 saturated heterocycles. The number of hydrogen-bond acceptors (Lipinski definition) is 3. The van der Waals surface area contributed by atoms with Crippen LogP contribution in [0, 0.1) is 0 Å². The Balaban J connectivity index is 1.52. The van der Waals surface area contributed by atoms with E-state index in [4.69, 9.17) is 4.98 Å². The molecule has 130 valence electrons. The number of pyridine rings is 1. The molecule has 4 aromatic rings. The molecule has 0 bridgehead atoms. The quantitative estimate of drug-likeness (QED) is 0.502. The summed E-state index contributed by atoms with van der Waals surface area (Å²) in [6, 6.07) is 15.8. The first-order valence-electron chi connectivity index (χ1n) is 8.84. The van der Waals surface area contributed by atoms with E-state index in [9.17, 15) is 4.79 Å². The SMILES string of the molecule is O=c1cc(-c2ccncc2)nc2n(CCCCc3ccccc3)ccn12. The van der Waals surface area contributed by atoms with E-state index in [1.165, 1.54) is 5.56 Å². The van der Waals surface area contributed by atoms with E-state index >= 15 is 0 Å². The lowest BCUT2D eigenvalue weighted by Crippen LogP contribution is -2.14. The fourth-order valence-electron chi connectivity index (χ4n) is 3.14. The highest BCUT2D eigenvalue weighted by molar-refractivity contribution is 5.59. The van der Waals surface area contributed by atoms with Crippen LogP contribution in [0.5, 0.6) is 0 Å². The lowest BCUT2D eigenvalue weighted by molar-refractivity contribution is 0.618. The topological polar surface area (TPSA) is 52.2 Å². The zero-order valence-electron chi connectivity index (χ0n) is 14.5. The van der Waals surface area contributed by atoms with Crippen LogP contribution in [0.25, 0.3) is 17.0 Å². The second-order valence-electron chi connectivity index (χ2n) is 6.32. The Morgan fingerprint density at radius 2 is 1.73 bits per heavy atom. The Kier molecular flexibility index (Phi) is 4.60. The number of benzene rings is 1. The van der Waals surface area contributed by atoms with Crippen LogP contribution >= 0.6 is 0 Å². The molecule has 3 heterocycles. The second kappa shape index (κ2) is 7.35. The maximum atomic E-state index is 12.4. The standard InChI is InChI=1S/C21H20N4O/c26-20-16-19(18-9-11-22-12-10-18)23-21-24(14-15-25(20)21)13-5-4-8-17-6-2-1-3-7-17/h1-3,6-7,9-12,14-16H,4-5,8,13H2. The molecule has 26 heavy (non-hydrogen) atoms. The summed E-state index contributed by atoms with van der Waals surface area (Å²) < 4.78 is 3.65. The number of aromatic nitrogens is 4. The van der Waals surface area contributed by atoms with Gasteiger partial charge in [-0.15, -0.1) is 0 Å². The fourth-order valence-corrected chi connectivity index (χ4v) is 3.14. The molecular formula is C21H20N4O. The molecule has 0 saturated carbocycles. The number of rotatable bonds is 6. The molecule has 4 rings (SSSR count). The van der Waals surface area contributed by atoms with Crippen LogP contribution in [-0.2, 0) is 13.0 Å². The van der Waals surface area contributed by atoms with Crippen molar-refractivity contribution in [2.75, 3.05) is 0 Å². The molecule has 0 atom stereocenters. The summed E-state index contributed by atoms with van der Waals surface area (Å²) in [6.45, 7) is 0.843. The average Bonchev–Trinajstić information content (AvgIpc) is 3.10. The first kappa shape index (κ1) is 16.3. The van der Waals surface area contributed by atoms with Crippen molar-refractivity contribution in [3.05, 3.63) is 89.2 Å². The van der Waals surface area contributed by atoms with Gasteiger partial charge in [-0.2, -0.15) is 0 Å². The van der Waals surface area contributed by atoms with Gasteiger partial charge in [0.1, 0.15) is 0 Å². The third-order valence-electron chi connectivity index (χ3n) is 4.52. The first-order valence-corrected chi connectivity index (χ1v) is 8.84. The molecule has 0 unspecified atom stereocenters. The number of nitrogens with zero attached hydrogens (tertiary/aromatic N) is 4. The number of hydrogen-bond donors (Lipinski definition) is 0. The monoisotopic (exact) mass is 344 g/mol. The molecule has 0 aliphatic heterocycles. The molecule has 0 amide bonds. The maximum Gasteiger partial charge on any atom is 0.259 e. The van der Waals surface area contributed by atoms with E-state index in [1.807, 2.05) is 24.4 Å². The van der Waals surface area contributed by atoms with Crippen LogP contribution in [0.1, 0.15) is 18.4 Å². The van der Waals surface area contributed by atoms with E-state index in [-0.39, 0.29) is 5.56 Å². The lowest BCUT2D eigenvalue weighted by Gasteiger charge is -2.06. The van der Waals surface area contributed by atoms with Gasteiger partial charge in [0.05, 0.1) is 5.69 Å². The van der Waals surface area contributed by atoms with Crippen molar-refractivity contribution in [3.63, 3.8) is 0 Å². The molecular weight excluding hydrogens is 324 g/mol. The van der Waals surface area contributed by atoms with Gasteiger partial charge in [-0.25, -0.2) is 4.98 Å². The zero-order chi connectivity index (χ0) is 17.8. The van der Waals surface area contributed by atoms with Crippen molar-refractivity contribution in [2.45, 2.75) is 25.8 Å². The predicted octanol–water partition coefficient (Wildman–Crippen LogP) is 3.58. The van der Waals surface area contributed by atoms with Gasteiger partial charge >= 0.3 is 0 Å². The lowest BCUT2D eigenvalue weighted by atomic mass is 10.1. The van der Waals surface area contributed by atoms with Crippen molar-refractivity contribution < 1.29 is 0 Å². The Morgan fingerprint density at radius 1 is 0.923 bits per heavy atom. The maximum absolute atomic E-state index is 12.4. The largest absolute Gasteiger partial charge is 0.317 e. The highest BCUT2D eigenvalue weighted by atomic mass is 16.1. The van der Waals surface area contributed by atoms with Gasteiger partial charge in [0.15, 0.2) is 0 Å². The summed E-state index contributed by atoms with van der Waals surface area (Å²) in [7, 11) is 0. The summed E-state index contributed by atoms with van der Waals surface area (Å²) in [5.41, 5.74) is 2.88. The van der Waals surface area contributed by atoms with Gasteiger partial charge in [0.25, 0.3) is 5.56 Å². The van der Waals surface area contributed by atoms with Crippen LogP contribution in [0.4, 0.5) is 0 Å². The van der Waals surface area contributed by atoms with Gasteiger partial charge in [0, 0.05) is 43.0 Å². The van der Waals surface area contributed by atoms with Crippen LogP contribution in [-0.4, -0.2) is 18.9 Å². The van der Waals surface area contributed by atoms with Gasteiger partial charge in [-0.05, 0) is 37.0 Å². The smallest absolute Gasteiger partial charge is 0.259 e. The molecule has 0 N–H and O–H groups in total. The third kappa shape index (κ3) is 3.42. The summed E-state index contributed by atoms with van der Waals surface area (Å²) in [5.74, 6) is 0.684. The number of unbranched alkanes of at least 4 members (excludes halogenated alkanes) is 1. The molecule has 0 radical (unpaired) electrons. The second-order valence-corrected chi connectivity index (χ2v) is 6.32. The summed E-state index contributed by atoms with van der Waals surface area (Å²) >= 11 is 0. The average molecular weight is 344 g/mol. The minimum atomic E-state index is -0.0650. The molecule has 3 aromatic heterocycles. The number of aryl methyl sites for hydroxylation is 2. The minimum absolute atomic E-state index is 0.0650. The number of imidazole rings is 1. The van der Waals surface area contributed by atoms with E-state index in [2.05, 4.69) is 33.8 Å². The van der Waals surface area contributed by atoms with Gasteiger partial charge < -0.3 is 4.57 Å². The van der Waals surface area contributed by atoms with Gasteiger partial charge in [-0.1, -0.05) is 30.3 Å². The highest BCUT2D eigenvalue weighted by Crippen LogP contribution is 2.15. The third-order valence-corrected chi connectivity index (χ3v) is 4.52. The van der Waals surface area contributed by atoms with E-state index < -0.39 is 0 Å². The van der Waals surface area contributed by atoms with Crippen LogP contribution < -0.4 is 5.56 Å². The van der Waals surface area contributed by atoms with Crippen LogP contribution in [0.15, 0.2) is 78.1 Å². The molecule has 0 fully saturated rings. The molecule has 0 spiro atoms. The Bertz CT molecular complexity index is 1050. The summed E-state index contributed by atoms with van der Waals surface area (Å²) in [5, 5.41) is 0. The van der Waals surface area contributed by atoms with Crippen molar-refractivity contribution >= 4 is 5.78 Å². The van der Waals surface area contributed by atoms with Crippen molar-refractivity contribution in [1.82, 2.24) is 18.9 Å². The summed E-state index contributed by atoms with van der Waals surface area (Å²) in [6.07, 6.45) is 10.3. The molecule has 0 aliphatic rings. The van der Waals surface area contributed by atoms with Crippen molar-refractivity contribution in [3.8, 4) is 11.3 Å². The number of fused-ring (bicyclic) bond motifs is 1. The molecule has 1 aromatic carbocycles. The summed E-state index contributed by atoms with van der Waals surface area (Å²) in [4.78, 5) is 21.1. The Hall–Kier alpha value is -3.21. The molecule has 0 aliphatic carbocycles.